The van der Waals surface area contributed by atoms with Gasteiger partial charge in [0.2, 0.25) is 0 Å². The monoisotopic (exact) mass is 310 g/mol. The molecule has 0 amide bonds. The SMILES string of the molecule is CCS(=O)(=O)C(CO)C(=O)c1ccc(Cl)cc1Cl. The van der Waals surface area contributed by atoms with Crippen LogP contribution in [-0.4, -0.2) is 36.9 Å². The summed E-state index contributed by atoms with van der Waals surface area (Å²) in [4.78, 5) is 12.0. The van der Waals surface area contributed by atoms with Crippen LogP contribution < -0.4 is 0 Å². The second-order valence-corrected chi connectivity index (χ2v) is 6.93. The molecule has 0 saturated heterocycles. The van der Waals surface area contributed by atoms with Gasteiger partial charge in [0, 0.05) is 16.3 Å². The molecule has 0 saturated carbocycles. The Bertz CT molecular complexity index is 554. The van der Waals surface area contributed by atoms with Crippen molar-refractivity contribution < 1.29 is 18.3 Å². The zero-order valence-electron chi connectivity index (χ0n) is 9.56. The number of ketones is 1. The molecule has 1 aromatic rings. The van der Waals surface area contributed by atoms with Crippen LogP contribution in [0, 0.1) is 0 Å². The van der Waals surface area contributed by atoms with E-state index in [9.17, 15) is 13.2 Å². The number of aliphatic hydroxyl groups excluding tert-OH is 1. The fraction of sp³-hybridized carbons (Fsp3) is 0.364. The van der Waals surface area contributed by atoms with E-state index < -0.39 is 27.5 Å². The van der Waals surface area contributed by atoms with Crippen LogP contribution in [0.4, 0.5) is 0 Å². The summed E-state index contributed by atoms with van der Waals surface area (Å²) < 4.78 is 23.3. The van der Waals surface area contributed by atoms with Gasteiger partial charge in [-0.25, -0.2) is 8.42 Å². The maximum atomic E-state index is 12.0. The summed E-state index contributed by atoms with van der Waals surface area (Å²) in [6, 6.07) is 4.14. The lowest BCUT2D eigenvalue weighted by Gasteiger charge is -2.13. The van der Waals surface area contributed by atoms with Crippen molar-refractivity contribution in [3.63, 3.8) is 0 Å². The van der Waals surface area contributed by atoms with Crippen LogP contribution in [0.5, 0.6) is 0 Å². The van der Waals surface area contributed by atoms with Crippen LogP contribution in [-0.2, 0) is 9.84 Å². The average Bonchev–Trinajstić information content (AvgIpc) is 2.29. The molecule has 18 heavy (non-hydrogen) atoms. The number of carbonyl (C=O) groups is 1. The minimum atomic E-state index is -3.68. The van der Waals surface area contributed by atoms with Gasteiger partial charge in [-0.2, -0.15) is 0 Å². The number of carbonyl (C=O) groups excluding carboxylic acids is 1. The standard InChI is InChI=1S/C11H12Cl2O4S/c1-2-18(16,17)10(6-14)11(15)8-4-3-7(12)5-9(8)13/h3-5,10,14H,2,6H2,1H3. The predicted molar refractivity (Wildman–Crippen MR) is 71.1 cm³/mol. The first-order valence-corrected chi connectivity index (χ1v) is 7.62. The lowest BCUT2D eigenvalue weighted by molar-refractivity contribution is 0.0962. The van der Waals surface area contributed by atoms with E-state index in [2.05, 4.69) is 0 Å². The number of hydrogen-bond acceptors (Lipinski definition) is 4. The number of Topliss-reactive ketones (excluding diaryl/α,β-unsaturated/α-hetero) is 1. The summed E-state index contributed by atoms with van der Waals surface area (Å²) in [5.74, 6) is -0.948. The molecular formula is C11H12Cl2O4S. The summed E-state index contributed by atoms with van der Waals surface area (Å²) in [5, 5.41) is 8.03. The third-order valence-corrected chi connectivity index (χ3v) is 5.07. The maximum absolute atomic E-state index is 12.0. The van der Waals surface area contributed by atoms with Crippen molar-refractivity contribution in [2.24, 2.45) is 0 Å². The maximum Gasteiger partial charge on any atom is 0.184 e. The van der Waals surface area contributed by atoms with E-state index in [0.717, 1.165) is 0 Å². The molecule has 0 bridgehead atoms. The molecule has 1 atom stereocenters. The summed E-state index contributed by atoms with van der Waals surface area (Å²) in [6.07, 6.45) is 0. The Morgan fingerprint density at radius 3 is 2.44 bits per heavy atom. The molecular weight excluding hydrogens is 299 g/mol. The quantitative estimate of drug-likeness (QED) is 0.844. The highest BCUT2D eigenvalue weighted by molar-refractivity contribution is 7.92. The second kappa shape index (κ2) is 6.02. The van der Waals surface area contributed by atoms with E-state index in [1.165, 1.54) is 25.1 Å². The van der Waals surface area contributed by atoms with E-state index >= 15 is 0 Å². The van der Waals surface area contributed by atoms with Gasteiger partial charge in [0.25, 0.3) is 0 Å². The van der Waals surface area contributed by atoms with E-state index in [4.69, 9.17) is 28.3 Å². The van der Waals surface area contributed by atoms with Gasteiger partial charge < -0.3 is 5.11 Å². The van der Waals surface area contributed by atoms with Crippen LogP contribution in [0.1, 0.15) is 17.3 Å². The number of rotatable bonds is 5. The molecule has 0 radical (unpaired) electrons. The minimum absolute atomic E-state index is 0.0390. The molecule has 0 fully saturated rings. The third kappa shape index (κ3) is 3.23. The summed E-state index contributed by atoms with van der Waals surface area (Å²) in [7, 11) is -3.68. The first-order chi connectivity index (χ1) is 8.33. The second-order valence-electron chi connectivity index (χ2n) is 3.61. The number of benzene rings is 1. The molecule has 1 N–H and O–H groups in total. The Morgan fingerprint density at radius 2 is 2.00 bits per heavy atom. The molecule has 7 heteroatoms. The van der Waals surface area contributed by atoms with Gasteiger partial charge >= 0.3 is 0 Å². The van der Waals surface area contributed by atoms with Crippen molar-refractivity contribution in [3.8, 4) is 0 Å². The highest BCUT2D eigenvalue weighted by Crippen LogP contribution is 2.23. The largest absolute Gasteiger partial charge is 0.395 e. The molecule has 0 aliphatic rings. The molecule has 0 heterocycles. The third-order valence-electron chi connectivity index (χ3n) is 2.49. The highest BCUT2D eigenvalue weighted by Gasteiger charge is 2.32. The normalized spacial score (nSPS) is 13.3. The first-order valence-electron chi connectivity index (χ1n) is 5.15. The Balaban J connectivity index is 3.20. The Hall–Kier alpha value is -0.620. The van der Waals surface area contributed by atoms with Gasteiger partial charge in [-0.1, -0.05) is 30.1 Å². The molecule has 0 aromatic heterocycles. The molecule has 0 aliphatic heterocycles. The summed E-state index contributed by atoms with van der Waals surface area (Å²) in [6.45, 7) is 0.642. The Morgan fingerprint density at radius 1 is 1.39 bits per heavy atom. The number of aliphatic hydroxyl groups is 1. The van der Waals surface area contributed by atoms with E-state index in [-0.39, 0.29) is 16.3 Å². The average molecular weight is 311 g/mol. The van der Waals surface area contributed by atoms with Crippen molar-refractivity contribution in [2.75, 3.05) is 12.4 Å². The number of hydrogen-bond donors (Lipinski definition) is 1. The van der Waals surface area contributed by atoms with Crippen molar-refractivity contribution in [2.45, 2.75) is 12.2 Å². The fourth-order valence-electron chi connectivity index (χ4n) is 1.42. The van der Waals surface area contributed by atoms with Gasteiger partial charge in [0.1, 0.15) is 5.25 Å². The molecule has 0 spiro atoms. The zero-order chi connectivity index (χ0) is 13.9. The topological polar surface area (TPSA) is 71.4 Å². The van der Waals surface area contributed by atoms with Crippen LogP contribution in [0.15, 0.2) is 18.2 Å². The number of halogens is 2. The van der Waals surface area contributed by atoms with Crippen LogP contribution in [0.25, 0.3) is 0 Å². The highest BCUT2D eigenvalue weighted by atomic mass is 35.5. The van der Waals surface area contributed by atoms with Crippen molar-refractivity contribution in [1.29, 1.82) is 0 Å². The lowest BCUT2D eigenvalue weighted by atomic mass is 10.1. The van der Waals surface area contributed by atoms with Crippen molar-refractivity contribution in [3.05, 3.63) is 33.8 Å². The molecule has 0 aliphatic carbocycles. The van der Waals surface area contributed by atoms with Gasteiger partial charge in [-0.3, -0.25) is 4.79 Å². The predicted octanol–water partition coefficient (Wildman–Crippen LogP) is 1.97. The molecule has 1 aromatic carbocycles. The molecule has 4 nitrogen and oxygen atoms in total. The van der Waals surface area contributed by atoms with Gasteiger partial charge in [0.05, 0.1) is 11.6 Å². The van der Waals surface area contributed by atoms with E-state index in [1.807, 2.05) is 0 Å². The van der Waals surface area contributed by atoms with Gasteiger partial charge in [-0.05, 0) is 18.2 Å². The van der Waals surface area contributed by atoms with Crippen LogP contribution in [0.2, 0.25) is 10.0 Å². The summed E-state index contributed by atoms with van der Waals surface area (Å²) in [5.41, 5.74) is 0.0390. The smallest absolute Gasteiger partial charge is 0.184 e. The van der Waals surface area contributed by atoms with Crippen molar-refractivity contribution >= 4 is 38.8 Å². The number of sulfone groups is 1. The summed E-state index contributed by atoms with van der Waals surface area (Å²) >= 11 is 11.5. The van der Waals surface area contributed by atoms with Crippen LogP contribution >= 0.6 is 23.2 Å². The molecule has 1 rings (SSSR count). The lowest BCUT2D eigenvalue weighted by Crippen LogP contribution is -2.35. The Kier molecular flexibility index (Phi) is 5.16. The van der Waals surface area contributed by atoms with Crippen LogP contribution in [0.3, 0.4) is 0 Å². The van der Waals surface area contributed by atoms with E-state index in [1.54, 1.807) is 0 Å². The Labute approximate surface area is 115 Å². The van der Waals surface area contributed by atoms with Gasteiger partial charge in [-0.15, -0.1) is 0 Å². The van der Waals surface area contributed by atoms with Gasteiger partial charge in [0.15, 0.2) is 15.6 Å². The fourth-order valence-corrected chi connectivity index (χ4v) is 3.01. The van der Waals surface area contributed by atoms with E-state index in [0.29, 0.717) is 5.02 Å². The minimum Gasteiger partial charge on any atom is -0.395 e. The molecule has 1 unspecified atom stereocenters. The van der Waals surface area contributed by atoms with Crippen molar-refractivity contribution in [1.82, 2.24) is 0 Å². The molecule has 100 valence electrons. The zero-order valence-corrected chi connectivity index (χ0v) is 11.9. The first kappa shape index (κ1) is 15.4.